The summed E-state index contributed by atoms with van der Waals surface area (Å²) in [6, 6.07) is 5.39. The standard InChI is InChI=1S/C21H28ClN5O2/c1-14(2)5-8-19(28)25-9-11-26(12-10-25)21(29)20-17(22)6-7-18(23-20)27-16(4)13-15(3)24-27/h6-7,13-14H,5,8-12H2,1-4H3. The number of aromatic nitrogens is 3. The van der Waals surface area contributed by atoms with Crippen LogP contribution in [0.25, 0.3) is 5.82 Å². The Morgan fingerprint density at radius 3 is 2.34 bits per heavy atom. The summed E-state index contributed by atoms with van der Waals surface area (Å²) < 4.78 is 1.70. The molecule has 1 fully saturated rings. The predicted octanol–water partition coefficient (Wildman–Crippen LogP) is 3.26. The average molecular weight is 418 g/mol. The lowest BCUT2D eigenvalue weighted by atomic mass is 10.1. The van der Waals surface area contributed by atoms with Crippen molar-refractivity contribution in [3.63, 3.8) is 0 Å². The van der Waals surface area contributed by atoms with Gasteiger partial charge in [0.25, 0.3) is 5.91 Å². The van der Waals surface area contributed by atoms with Crippen LogP contribution in [-0.2, 0) is 4.79 Å². The Morgan fingerprint density at radius 1 is 1.10 bits per heavy atom. The first-order valence-corrected chi connectivity index (χ1v) is 10.4. The van der Waals surface area contributed by atoms with Crippen LogP contribution in [-0.4, -0.2) is 62.6 Å². The smallest absolute Gasteiger partial charge is 0.274 e. The molecule has 156 valence electrons. The lowest BCUT2D eigenvalue weighted by molar-refractivity contribution is -0.132. The van der Waals surface area contributed by atoms with Crippen LogP contribution < -0.4 is 0 Å². The zero-order valence-electron chi connectivity index (χ0n) is 17.5. The molecule has 0 aromatic carbocycles. The second-order valence-corrected chi connectivity index (χ2v) is 8.35. The van der Waals surface area contributed by atoms with Crippen molar-refractivity contribution in [2.24, 2.45) is 5.92 Å². The van der Waals surface area contributed by atoms with Crippen molar-refractivity contribution < 1.29 is 9.59 Å². The molecule has 2 aromatic rings. The van der Waals surface area contributed by atoms with Crippen LogP contribution in [0.2, 0.25) is 5.02 Å². The van der Waals surface area contributed by atoms with Crippen molar-refractivity contribution in [1.29, 1.82) is 0 Å². The number of halogens is 1. The van der Waals surface area contributed by atoms with Gasteiger partial charge in [0.2, 0.25) is 5.91 Å². The summed E-state index contributed by atoms with van der Waals surface area (Å²) in [6.07, 6.45) is 1.44. The third-order valence-corrected chi connectivity index (χ3v) is 5.42. The van der Waals surface area contributed by atoms with E-state index in [4.69, 9.17) is 11.6 Å². The molecule has 0 N–H and O–H groups in total. The van der Waals surface area contributed by atoms with Gasteiger partial charge >= 0.3 is 0 Å². The Balaban J connectivity index is 1.69. The van der Waals surface area contributed by atoms with Gasteiger partial charge in [0.15, 0.2) is 5.82 Å². The van der Waals surface area contributed by atoms with E-state index < -0.39 is 0 Å². The largest absolute Gasteiger partial charge is 0.339 e. The molecule has 1 aliphatic heterocycles. The number of hydrogen-bond donors (Lipinski definition) is 0. The molecule has 0 saturated carbocycles. The van der Waals surface area contributed by atoms with Gasteiger partial charge in [0, 0.05) is 38.3 Å². The molecule has 7 nitrogen and oxygen atoms in total. The minimum absolute atomic E-state index is 0.161. The van der Waals surface area contributed by atoms with Gasteiger partial charge in [-0.25, -0.2) is 9.67 Å². The van der Waals surface area contributed by atoms with E-state index in [9.17, 15) is 9.59 Å². The van der Waals surface area contributed by atoms with Crippen molar-refractivity contribution in [2.75, 3.05) is 26.2 Å². The van der Waals surface area contributed by atoms with E-state index in [1.165, 1.54) is 0 Å². The highest BCUT2D eigenvalue weighted by molar-refractivity contribution is 6.33. The normalized spacial score (nSPS) is 14.6. The summed E-state index contributed by atoms with van der Waals surface area (Å²) in [5, 5.41) is 4.74. The summed E-state index contributed by atoms with van der Waals surface area (Å²) in [4.78, 5) is 33.4. The molecule has 29 heavy (non-hydrogen) atoms. The monoisotopic (exact) mass is 417 g/mol. The quantitative estimate of drug-likeness (QED) is 0.748. The lowest BCUT2D eigenvalue weighted by Gasteiger charge is -2.35. The molecule has 0 unspecified atom stereocenters. The first-order valence-electron chi connectivity index (χ1n) is 10.0. The third kappa shape index (κ3) is 4.96. The van der Waals surface area contributed by atoms with Crippen molar-refractivity contribution in [3.05, 3.63) is 40.3 Å². The Bertz CT molecular complexity index is 900. The maximum atomic E-state index is 13.0. The average Bonchev–Trinajstić information content (AvgIpc) is 3.04. The number of piperazine rings is 1. The molecule has 2 amide bonds. The molecule has 8 heteroatoms. The molecule has 3 heterocycles. The zero-order chi connectivity index (χ0) is 21.1. The first kappa shape index (κ1) is 21.3. The molecule has 0 spiro atoms. The SMILES string of the molecule is Cc1cc(C)n(-c2ccc(Cl)c(C(=O)N3CCN(C(=O)CCC(C)C)CC3)n2)n1. The summed E-state index contributed by atoms with van der Waals surface area (Å²) in [7, 11) is 0. The summed E-state index contributed by atoms with van der Waals surface area (Å²) in [5.74, 6) is 1.01. The maximum Gasteiger partial charge on any atom is 0.274 e. The summed E-state index contributed by atoms with van der Waals surface area (Å²) >= 11 is 6.29. The van der Waals surface area contributed by atoms with Crippen LogP contribution in [0.4, 0.5) is 0 Å². The Hall–Kier alpha value is -2.41. The fourth-order valence-electron chi connectivity index (χ4n) is 3.44. The minimum atomic E-state index is -0.215. The third-order valence-electron chi connectivity index (χ3n) is 5.12. The lowest BCUT2D eigenvalue weighted by Crippen LogP contribution is -2.50. The van der Waals surface area contributed by atoms with Gasteiger partial charge in [-0.15, -0.1) is 0 Å². The van der Waals surface area contributed by atoms with Crippen LogP contribution in [0.1, 0.15) is 48.6 Å². The van der Waals surface area contributed by atoms with Gasteiger partial charge in [-0.05, 0) is 44.4 Å². The molecule has 0 aliphatic carbocycles. The molecular formula is C21H28ClN5O2. The van der Waals surface area contributed by atoms with Crippen molar-refractivity contribution in [1.82, 2.24) is 24.6 Å². The van der Waals surface area contributed by atoms with Gasteiger partial charge in [-0.3, -0.25) is 9.59 Å². The molecule has 1 saturated heterocycles. The highest BCUT2D eigenvalue weighted by Gasteiger charge is 2.27. The van der Waals surface area contributed by atoms with Crippen molar-refractivity contribution in [2.45, 2.75) is 40.5 Å². The van der Waals surface area contributed by atoms with Gasteiger partial charge in [0.05, 0.1) is 10.7 Å². The second-order valence-electron chi connectivity index (χ2n) is 7.94. The predicted molar refractivity (Wildman–Crippen MR) is 112 cm³/mol. The number of nitrogens with zero attached hydrogens (tertiary/aromatic N) is 5. The highest BCUT2D eigenvalue weighted by Crippen LogP contribution is 2.20. The van der Waals surface area contributed by atoms with E-state index in [0.29, 0.717) is 49.4 Å². The van der Waals surface area contributed by atoms with E-state index in [2.05, 4.69) is 23.9 Å². The van der Waals surface area contributed by atoms with Crippen LogP contribution in [0.3, 0.4) is 0 Å². The Kier molecular flexibility index (Phi) is 6.57. The van der Waals surface area contributed by atoms with E-state index in [1.54, 1.807) is 21.7 Å². The van der Waals surface area contributed by atoms with Crippen molar-refractivity contribution in [3.8, 4) is 5.82 Å². The number of amides is 2. The van der Waals surface area contributed by atoms with Gasteiger partial charge < -0.3 is 9.80 Å². The summed E-state index contributed by atoms with van der Waals surface area (Å²) in [6.45, 7) is 10.1. The van der Waals surface area contributed by atoms with E-state index in [0.717, 1.165) is 17.8 Å². The van der Waals surface area contributed by atoms with Crippen LogP contribution in [0, 0.1) is 19.8 Å². The van der Waals surface area contributed by atoms with Gasteiger partial charge in [-0.1, -0.05) is 25.4 Å². The highest BCUT2D eigenvalue weighted by atomic mass is 35.5. The summed E-state index contributed by atoms with van der Waals surface area (Å²) in [5.41, 5.74) is 2.03. The second kappa shape index (κ2) is 8.95. The van der Waals surface area contributed by atoms with Gasteiger partial charge in [-0.2, -0.15) is 5.10 Å². The molecule has 0 atom stereocenters. The van der Waals surface area contributed by atoms with Crippen LogP contribution >= 0.6 is 11.6 Å². The fraction of sp³-hybridized carbons (Fsp3) is 0.524. The van der Waals surface area contributed by atoms with E-state index >= 15 is 0 Å². The molecule has 1 aliphatic rings. The molecule has 0 radical (unpaired) electrons. The molecule has 3 rings (SSSR count). The molecule has 2 aromatic heterocycles. The number of pyridine rings is 1. The fourth-order valence-corrected chi connectivity index (χ4v) is 3.63. The number of carbonyl (C=O) groups excluding carboxylic acids is 2. The first-order chi connectivity index (χ1) is 13.8. The van der Waals surface area contributed by atoms with Crippen molar-refractivity contribution >= 4 is 23.4 Å². The van der Waals surface area contributed by atoms with E-state index in [-0.39, 0.29) is 17.5 Å². The minimum Gasteiger partial charge on any atom is -0.339 e. The Labute approximate surface area is 176 Å². The topological polar surface area (TPSA) is 71.3 Å². The molecular weight excluding hydrogens is 390 g/mol. The number of carbonyl (C=O) groups is 2. The van der Waals surface area contributed by atoms with Crippen LogP contribution in [0.15, 0.2) is 18.2 Å². The number of rotatable bonds is 5. The molecule has 0 bridgehead atoms. The van der Waals surface area contributed by atoms with Gasteiger partial charge in [0.1, 0.15) is 5.69 Å². The number of hydrogen-bond acceptors (Lipinski definition) is 4. The number of aryl methyl sites for hydroxylation is 2. The Morgan fingerprint density at radius 2 is 1.76 bits per heavy atom. The maximum absolute atomic E-state index is 13.0. The zero-order valence-corrected chi connectivity index (χ0v) is 18.2. The van der Waals surface area contributed by atoms with E-state index in [1.807, 2.05) is 24.8 Å². The van der Waals surface area contributed by atoms with Crippen LogP contribution in [0.5, 0.6) is 0 Å².